The number of fused-ring (bicyclic) bond motifs is 1. The second-order valence-corrected chi connectivity index (χ2v) is 4.59. The highest BCUT2D eigenvalue weighted by molar-refractivity contribution is 7.13. The Kier molecular flexibility index (Phi) is 2.19. The molecule has 0 spiro atoms. The van der Waals surface area contributed by atoms with Crippen LogP contribution in [0.1, 0.15) is 10.5 Å². The molecule has 3 heterocycles. The van der Waals surface area contributed by atoms with E-state index in [2.05, 4.69) is 9.97 Å². The summed E-state index contributed by atoms with van der Waals surface area (Å²) < 4.78 is 0. The number of carbonyl (C=O) groups excluding carboxylic acids is 1. The van der Waals surface area contributed by atoms with Gasteiger partial charge in [0.1, 0.15) is 5.69 Å². The van der Waals surface area contributed by atoms with E-state index in [-0.39, 0.29) is 0 Å². The number of H-pyrrole nitrogens is 1. The minimum atomic E-state index is -0.454. The zero-order valence-electron chi connectivity index (χ0n) is 8.81. The first kappa shape index (κ1) is 10.0. The normalized spacial score (nSPS) is 10.8. The molecule has 0 aromatic carbocycles. The summed E-state index contributed by atoms with van der Waals surface area (Å²) in [6.45, 7) is 0. The number of hydrogen-bond donors (Lipinski definition) is 2. The molecule has 3 rings (SSSR count). The molecule has 0 aliphatic carbocycles. The Morgan fingerprint density at radius 1 is 1.41 bits per heavy atom. The number of thiophene rings is 1. The Morgan fingerprint density at radius 3 is 3.00 bits per heavy atom. The topological polar surface area (TPSA) is 71.8 Å². The number of rotatable bonds is 2. The van der Waals surface area contributed by atoms with Crippen LogP contribution in [-0.2, 0) is 0 Å². The van der Waals surface area contributed by atoms with Gasteiger partial charge < -0.3 is 10.7 Å². The van der Waals surface area contributed by atoms with Crippen LogP contribution in [0.25, 0.3) is 21.3 Å². The number of aromatic nitrogens is 2. The Bertz CT molecular complexity index is 685. The number of aromatic amines is 1. The Labute approximate surface area is 101 Å². The van der Waals surface area contributed by atoms with Gasteiger partial charge in [-0.1, -0.05) is 6.07 Å². The minimum Gasteiger partial charge on any atom is -0.364 e. The molecule has 0 radical (unpaired) electrons. The second kappa shape index (κ2) is 3.71. The van der Waals surface area contributed by atoms with Crippen LogP contribution < -0.4 is 5.73 Å². The van der Waals surface area contributed by atoms with Gasteiger partial charge in [0.05, 0.1) is 0 Å². The molecule has 1 amide bonds. The summed E-state index contributed by atoms with van der Waals surface area (Å²) in [5, 5.41) is 2.89. The molecule has 3 N–H and O–H groups in total. The summed E-state index contributed by atoms with van der Waals surface area (Å²) >= 11 is 1.57. The summed E-state index contributed by atoms with van der Waals surface area (Å²) in [4.78, 5) is 19.6. The van der Waals surface area contributed by atoms with Crippen LogP contribution in [0.2, 0.25) is 0 Å². The van der Waals surface area contributed by atoms with E-state index < -0.39 is 5.91 Å². The van der Waals surface area contributed by atoms with Crippen LogP contribution in [0.3, 0.4) is 0 Å². The average molecular weight is 243 g/mol. The third-order valence-electron chi connectivity index (χ3n) is 2.61. The summed E-state index contributed by atoms with van der Waals surface area (Å²) in [5.74, 6) is -0.454. The van der Waals surface area contributed by atoms with Gasteiger partial charge in [-0.05, 0) is 17.5 Å². The largest absolute Gasteiger partial charge is 0.364 e. The van der Waals surface area contributed by atoms with Crippen molar-refractivity contribution >= 4 is 28.1 Å². The van der Waals surface area contributed by atoms with Crippen molar-refractivity contribution in [3.63, 3.8) is 0 Å². The van der Waals surface area contributed by atoms with E-state index in [1.54, 1.807) is 23.7 Å². The Morgan fingerprint density at radius 2 is 2.29 bits per heavy atom. The predicted molar refractivity (Wildman–Crippen MR) is 67.9 cm³/mol. The maximum absolute atomic E-state index is 11.5. The van der Waals surface area contributed by atoms with Crippen LogP contribution in [0, 0.1) is 0 Å². The lowest BCUT2D eigenvalue weighted by Crippen LogP contribution is -2.12. The first-order valence-electron chi connectivity index (χ1n) is 5.07. The molecule has 3 aromatic rings. The van der Waals surface area contributed by atoms with Crippen molar-refractivity contribution in [1.29, 1.82) is 0 Å². The number of nitrogens with one attached hydrogen (secondary N) is 1. The lowest BCUT2D eigenvalue weighted by atomic mass is 10.1. The second-order valence-electron chi connectivity index (χ2n) is 3.64. The van der Waals surface area contributed by atoms with Gasteiger partial charge >= 0.3 is 0 Å². The molecule has 5 heteroatoms. The van der Waals surface area contributed by atoms with Crippen molar-refractivity contribution < 1.29 is 4.79 Å². The van der Waals surface area contributed by atoms with Gasteiger partial charge in [0.2, 0.25) is 0 Å². The number of nitrogens with zero attached hydrogens (tertiary/aromatic N) is 1. The molecule has 4 nitrogen and oxygen atoms in total. The molecule has 0 atom stereocenters. The number of primary amides is 1. The molecular formula is C12H9N3OS. The maximum Gasteiger partial charge on any atom is 0.265 e. The summed E-state index contributed by atoms with van der Waals surface area (Å²) in [5.41, 5.74) is 7.55. The van der Waals surface area contributed by atoms with Gasteiger partial charge in [0.25, 0.3) is 5.91 Å². The van der Waals surface area contributed by atoms with Gasteiger partial charge in [-0.25, -0.2) is 0 Å². The SMILES string of the molecule is NC(=O)c1[nH]c2ccncc2c1-c1cccs1. The van der Waals surface area contributed by atoms with Crippen LogP contribution in [-0.4, -0.2) is 15.9 Å². The monoisotopic (exact) mass is 243 g/mol. The van der Waals surface area contributed by atoms with Crippen molar-refractivity contribution in [3.8, 4) is 10.4 Å². The Balaban J connectivity index is 2.40. The van der Waals surface area contributed by atoms with E-state index in [0.29, 0.717) is 5.69 Å². The van der Waals surface area contributed by atoms with E-state index in [4.69, 9.17) is 5.73 Å². The molecule has 3 aromatic heterocycles. The number of hydrogen-bond acceptors (Lipinski definition) is 3. The molecule has 0 unspecified atom stereocenters. The summed E-state index contributed by atoms with van der Waals surface area (Å²) in [7, 11) is 0. The molecule has 84 valence electrons. The third-order valence-corrected chi connectivity index (χ3v) is 3.50. The molecule has 17 heavy (non-hydrogen) atoms. The van der Waals surface area contributed by atoms with Crippen molar-refractivity contribution in [2.24, 2.45) is 5.73 Å². The first-order chi connectivity index (χ1) is 8.27. The zero-order chi connectivity index (χ0) is 11.8. The number of pyridine rings is 1. The third kappa shape index (κ3) is 1.52. The van der Waals surface area contributed by atoms with Crippen LogP contribution >= 0.6 is 11.3 Å². The van der Waals surface area contributed by atoms with E-state index in [1.165, 1.54) is 0 Å². The van der Waals surface area contributed by atoms with Crippen molar-refractivity contribution in [2.45, 2.75) is 0 Å². The molecule has 0 bridgehead atoms. The molecule has 0 fully saturated rings. The molecule has 0 aliphatic heterocycles. The van der Waals surface area contributed by atoms with Crippen LogP contribution in [0.4, 0.5) is 0 Å². The van der Waals surface area contributed by atoms with E-state index in [1.807, 2.05) is 23.6 Å². The maximum atomic E-state index is 11.5. The van der Waals surface area contributed by atoms with Gasteiger partial charge in [-0.15, -0.1) is 11.3 Å². The predicted octanol–water partition coefficient (Wildman–Crippen LogP) is 2.39. The van der Waals surface area contributed by atoms with Gasteiger partial charge in [0, 0.05) is 33.7 Å². The fourth-order valence-corrected chi connectivity index (χ4v) is 2.69. The highest BCUT2D eigenvalue weighted by Gasteiger charge is 2.17. The highest BCUT2D eigenvalue weighted by atomic mass is 32.1. The summed E-state index contributed by atoms with van der Waals surface area (Å²) in [6, 6.07) is 5.74. The fourth-order valence-electron chi connectivity index (χ4n) is 1.90. The number of amides is 1. The molecular weight excluding hydrogens is 234 g/mol. The number of carbonyl (C=O) groups is 1. The lowest BCUT2D eigenvalue weighted by molar-refractivity contribution is 0.0997. The van der Waals surface area contributed by atoms with Crippen LogP contribution in [0.5, 0.6) is 0 Å². The highest BCUT2D eigenvalue weighted by Crippen LogP contribution is 2.34. The van der Waals surface area contributed by atoms with E-state index in [9.17, 15) is 4.79 Å². The average Bonchev–Trinajstić information content (AvgIpc) is 2.94. The fraction of sp³-hybridized carbons (Fsp3) is 0. The van der Waals surface area contributed by atoms with E-state index >= 15 is 0 Å². The van der Waals surface area contributed by atoms with Crippen molar-refractivity contribution in [2.75, 3.05) is 0 Å². The molecule has 0 aliphatic rings. The van der Waals surface area contributed by atoms with Gasteiger partial charge in [-0.2, -0.15) is 0 Å². The number of nitrogens with two attached hydrogens (primary N) is 1. The van der Waals surface area contributed by atoms with E-state index in [0.717, 1.165) is 21.3 Å². The molecule has 0 saturated heterocycles. The standard InChI is InChI=1S/C12H9N3OS/c13-12(16)11-10(9-2-1-5-17-9)7-6-14-4-3-8(7)15-11/h1-6,15H,(H2,13,16). The molecule has 0 saturated carbocycles. The van der Waals surface area contributed by atoms with Gasteiger partial charge in [-0.3, -0.25) is 9.78 Å². The lowest BCUT2D eigenvalue weighted by Gasteiger charge is -1.97. The summed E-state index contributed by atoms with van der Waals surface area (Å²) in [6.07, 6.45) is 3.43. The minimum absolute atomic E-state index is 0.440. The van der Waals surface area contributed by atoms with Crippen molar-refractivity contribution in [1.82, 2.24) is 9.97 Å². The smallest absolute Gasteiger partial charge is 0.265 e. The first-order valence-corrected chi connectivity index (χ1v) is 5.94. The van der Waals surface area contributed by atoms with Crippen molar-refractivity contribution in [3.05, 3.63) is 41.7 Å². The Hall–Kier alpha value is -2.14. The quantitative estimate of drug-likeness (QED) is 0.725. The van der Waals surface area contributed by atoms with Crippen LogP contribution in [0.15, 0.2) is 36.0 Å². The van der Waals surface area contributed by atoms with Gasteiger partial charge in [0.15, 0.2) is 0 Å². The zero-order valence-corrected chi connectivity index (χ0v) is 9.62.